The van der Waals surface area contributed by atoms with Crippen molar-refractivity contribution in [3.63, 3.8) is 0 Å². The SMILES string of the molecule is COCCOC(=O)C1=C(C)N=C2SC=C(CC(=O)NCc3ccccc3)N2[C@@H]1c1ccc(OC)cc1OC. The van der Waals surface area contributed by atoms with Gasteiger partial charge in [0.25, 0.3) is 0 Å². The number of carbonyl (C=O) groups is 2. The van der Waals surface area contributed by atoms with Crippen LogP contribution in [-0.4, -0.2) is 56.5 Å². The lowest BCUT2D eigenvalue weighted by atomic mass is 9.93. The summed E-state index contributed by atoms with van der Waals surface area (Å²) < 4.78 is 21.7. The molecule has 0 fully saturated rings. The summed E-state index contributed by atoms with van der Waals surface area (Å²) in [5, 5.41) is 5.55. The Morgan fingerprint density at radius 1 is 1.05 bits per heavy atom. The van der Waals surface area contributed by atoms with Gasteiger partial charge >= 0.3 is 5.97 Å². The molecule has 9 nitrogen and oxygen atoms in total. The van der Waals surface area contributed by atoms with Crippen molar-refractivity contribution in [1.29, 1.82) is 0 Å². The van der Waals surface area contributed by atoms with E-state index in [0.29, 0.717) is 34.5 Å². The molecule has 0 aliphatic carbocycles. The Balaban J connectivity index is 1.66. The minimum Gasteiger partial charge on any atom is -0.497 e. The number of amides is 1. The number of esters is 1. The van der Waals surface area contributed by atoms with Gasteiger partial charge < -0.3 is 29.2 Å². The molecule has 0 saturated heterocycles. The lowest BCUT2D eigenvalue weighted by molar-refractivity contribution is -0.141. The summed E-state index contributed by atoms with van der Waals surface area (Å²) in [7, 11) is 4.69. The minimum absolute atomic E-state index is 0.106. The second kappa shape index (κ2) is 12.7. The highest BCUT2D eigenvalue weighted by atomic mass is 32.2. The van der Waals surface area contributed by atoms with Gasteiger partial charge in [0.15, 0.2) is 5.17 Å². The number of methoxy groups -OCH3 is 3. The first-order chi connectivity index (χ1) is 18.5. The van der Waals surface area contributed by atoms with Crippen molar-refractivity contribution in [3.05, 3.63) is 82.0 Å². The second-order valence-corrected chi connectivity index (χ2v) is 9.41. The van der Waals surface area contributed by atoms with Crippen molar-refractivity contribution in [2.45, 2.75) is 25.9 Å². The first kappa shape index (κ1) is 27.3. The van der Waals surface area contributed by atoms with E-state index in [1.54, 1.807) is 34.3 Å². The Morgan fingerprint density at radius 3 is 2.55 bits per heavy atom. The minimum atomic E-state index is -0.624. The highest BCUT2D eigenvalue weighted by molar-refractivity contribution is 8.16. The maximum atomic E-state index is 13.4. The summed E-state index contributed by atoms with van der Waals surface area (Å²) in [4.78, 5) is 32.9. The van der Waals surface area contributed by atoms with E-state index < -0.39 is 12.0 Å². The highest BCUT2D eigenvalue weighted by Crippen LogP contribution is 2.47. The number of nitrogens with zero attached hydrogens (tertiary/aromatic N) is 2. The third kappa shape index (κ3) is 6.03. The van der Waals surface area contributed by atoms with E-state index >= 15 is 0 Å². The van der Waals surface area contributed by atoms with Crippen LogP contribution in [0.3, 0.4) is 0 Å². The number of thioether (sulfide) groups is 1. The molecule has 2 aromatic carbocycles. The number of hydrogen-bond donors (Lipinski definition) is 1. The van der Waals surface area contributed by atoms with Crippen LogP contribution in [0.4, 0.5) is 0 Å². The molecule has 2 aromatic rings. The number of allylic oxidation sites excluding steroid dienone is 1. The van der Waals surface area contributed by atoms with Crippen LogP contribution < -0.4 is 14.8 Å². The van der Waals surface area contributed by atoms with E-state index in [9.17, 15) is 9.59 Å². The monoisotopic (exact) mass is 537 g/mol. The molecule has 4 rings (SSSR count). The van der Waals surface area contributed by atoms with Crippen LogP contribution in [-0.2, 0) is 25.6 Å². The molecule has 0 bridgehead atoms. The van der Waals surface area contributed by atoms with E-state index in [0.717, 1.165) is 16.8 Å². The number of amidine groups is 1. The van der Waals surface area contributed by atoms with Gasteiger partial charge in [-0.25, -0.2) is 9.79 Å². The fourth-order valence-corrected chi connectivity index (χ4v) is 5.25. The largest absolute Gasteiger partial charge is 0.497 e. The second-order valence-electron chi connectivity index (χ2n) is 8.57. The number of rotatable bonds is 11. The molecule has 0 aromatic heterocycles. The summed E-state index contributed by atoms with van der Waals surface area (Å²) in [6, 6.07) is 14.5. The fourth-order valence-electron chi connectivity index (χ4n) is 4.29. The lowest BCUT2D eigenvalue weighted by Gasteiger charge is -2.36. The Kier molecular flexibility index (Phi) is 9.09. The number of fused-ring (bicyclic) bond motifs is 1. The highest BCUT2D eigenvalue weighted by Gasteiger charge is 2.42. The van der Waals surface area contributed by atoms with Crippen molar-refractivity contribution in [3.8, 4) is 11.5 Å². The molecule has 2 heterocycles. The average Bonchev–Trinajstić information content (AvgIpc) is 3.33. The van der Waals surface area contributed by atoms with E-state index in [4.69, 9.17) is 23.9 Å². The van der Waals surface area contributed by atoms with Gasteiger partial charge in [-0.15, -0.1) is 0 Å². The fraction of sp³-hybridized carbons (Fsp3) is 0.321. The summed E-state index contributed by atoms with van der Waals surface area (Å²) in [6.45, 7) is 2.59. The van der Waals surface area contributed by atoms with Gasteiger partial charge in [0.05, 0.1) is 44.6 Å². The Bertz CT molecular complexity index is 1270. The quantitative estimate of drug-likeness (QED) is 0.337. The summed E-state index contributed by atoms with van der Waals surface area (Å²) in [5.41, 5.74) is 3.36. The zero-order chi connectivity index (χ0) is 27.1. The van der Waals surface area contributed by atoms with Crippen LogP contribution in [0.25, 0.3) is 0 Å². The van der Waals surface area contributed by atoms with E-state index in [1.165, 1.54) is 11.8 Å². The third-order valence-electron chi connectivity index (χ3n) is 6.15. The van der Waals surface area contributed by atoms with E-state index in [-0.39, 0.29) is 25.5 Å². The van der Waals surface area contributed by atoms with Crippen LogP contribution >= 0.6 is 11.8 Å². The number of carbonyl (C=O) groups excluding carboxylic acids is 2. The van der Waals surface area contributed by atoms with Gasteiger partial charge in [0.2, 0.25) is 5.91 Å². The first-order valence-corrected chi connectivity index (χ1v) is 13.0. The predicted molar refractivity (Wildman–Crippen MR) is 146 cm³/mol. The van der Waals surface area contributed by atoms with Crippen molar-refractivity contribution >= 4 is 28.8 Å². The van der Waals surface area contributed by atoms with Gasteiger partial charge in [0.1, 0.15) is 18.1 Å². The first-order valence-electron chi connectivity index (χ1n) is 12.1. The summed E-state index contributed by atoms with van der Waals surface area (Å²) in [5.74, 6) is 0.510. The zero-order valence-corrected chi connectivity index (χ0v) is 22.7. The number of hydrogen-bond acceptors (Lipinski definition) is 9. The summed E-state index contributed by atoms with van der Waals surface area (Å²) in [6.07, 6.45) is 0.110. The molecular formula is C28H31N3O6S. The van der Waals surface area contributed by atoms with E-state index in [1.807, 2.05) is 52.8 Å². The van der Waals surface area contributed by atoms with Crippen LogP contribution in [0.1, 0.15) is 30.5 Å². The van der Waals surface area contributed by atoms with Crippen molar-refractivity contribution in [1.82, 2.24) is 10.2 Å². The number of aliphatic imine (C=N–C) groups is 1. The molecular weight excluding hydrogens is 506 g/mol. The molecule has 0 unspecified atom stereocenters. The molecule has 200 valence electrons. The topological polar surface area (TPSA) is 98.7 Å². The Hall–Kier alpha value is -3.76. The van der Waals surface area contributed by atoms with Gasteiger partial charge in [-0.2, -0.15) is 0 Å². The Labute approximate surface area is 226 Å². The lowest BCUT2D eigenvalue weighted by Crippen LogP contribution is -2.38. The Morgan fingerprint density at radius 2 is 1.84 bits per heavy atom. The van der Waals surface area contributed by atoms with Crippen LogP contribution in [0.15, 0.2) is 75.9 Å². The van der Waals surface area contributed by atoms with Gasteiger partial charge in [-0.1, -0.05) is 42.1 Å². The molecule has 2 aliphatic heterocycles. The zero-order valence-electron chi connectivity index (χ0n) is 21.9. The molecule has 2 aliphatic rings. The molecule has 1 N–H and O–H groups in total. The normalized spacial score (nSPS) is 16.4. The molecule has 1 atom stereocenters. The predicted octanol–water partition coefficient (Wildman–Crippen LogP) is 4.17. The van der Waals surface area contributed by atoms with Gasteiger partial charge in [-0.3, -0.25) is 4.79 Å². The standard InChI is InChI=1S/C28H31N3O6S/c1-18-25(27(33)37-13-12-34-2)26(22-11-10-21(35-3)15-23(22)36-4)31-20(17-38-28(31)30-18)14-24(32)29-16-19-8-6-5-7-9-19/h5-11,15,17,26H,12-14,16H2,1-4H3,(H,29,32)/t26-/m1/s1. The average molecular weight is 538 g/mol. The molecule has 0 spiro atoms. The van der Waals surface area contributed by atoms with Crippen molar-refractivity contribution in [2.75, 3.05) is 34.5 Å². The number of nitrogens with one attached hydrogen (secondary N) is 1. The van der Waals surface area contributed by atoms with Gasteiger partial charge in [-0.05, 0) is 30.0 Å². The van der Waals surface area contributed by atoms with Crippen LogP contribution in [0.5, 0.6) is 11.5 Å². The molecule has 10 heteroatoms. The van der Waals surface area contributed by atoms with Crippen molar-refractivity contribution in [2.24, 2.45) is 4.99 Å². The summed E-state index contributed by atoms with van der Waals surface area (Å²) >= 11 is 1.41. The van der Waals surface area contributed by atoms with Crippen LogP contribution in [0.2, 0.25) is 0 Å². The molecule has 0 saturated carbocycles. The smallest absolute Gasteiger partial charge is 0.338 e. The number of ether oxygens (including phenoxy) is 4. The van der Waals surface area contributed by atoms with Crippen LogP contribution in [0, 0.1) is 0 Å². The molecule has 0 radical (unpaired) electrons. The molecule has 1 amide bonds. The third-order valence-corrected chi connectivity index (χ3v) is 7.04. The van der Waals surface area contributed by atoms with Crippen molar-refractivity contribution < 1.29 is 28.5 Å². The maximum Gasteiger partial charge on any atom is 0.338 e. The maximum absolute atomic E-state index is 13.4. The van der Waals surface area contributed by atoms with Gasteiger partial charge in [0, 0.05) is 31.0 Å². The molecule has 38 heavy (non-hydrogen) atoms. The van der Waals surface area contributed by atoms with E-state index in [2.05, 4.69) is 5.32 Å². The number of benzene rings is 2.